The average molecular weight is 418 g/mol. The molecule has 0 radical (unpaired) electrons. The smallest absolute Gasteiger partial charge is 0.232 e. The Bertz CT molecular complexity index is 800. The number of carbonyl (C=O) groups excluding carboxylic acids is 1. The number of thioether (sulfide) groups is 1. The van der Waals surface area contributed by atoms with Gasteiger partial charge in [-0.2, -0.15) is 0 Å². The monoisotopic (exact) mass is 417 g/mol. The molecular weight excluding hydrogens is 386 g/mol. The van der Waals surface area contributed by atoms with Crippen LogP contribution in [0.2, 0.25) is 0 Å². The number of hydrogen-bond acceptors (Lipinski definition) is 6. The van der Waals surface area contributed by atoms with Crippen LogP contribution >= 0.6 is 11.8 Å². The number of amides is 1. The van der Waals surface area contributed by atoms with Crippen molar-refractivity contribution in [1.82, 2.24) is 20.1 Å². The minimum absolute atomic E-state index is 0.0370. The molecule has 0 atom stereocenters. The second-order valence-corrected chi connectivity index (χ2v) is 8.01. The summed E-state index contributed by atoms with van der Waals surface area (Å²) in [5, 5.41) is 12.8. The van der Waals surface area contributed by atoms with Crippen LogP contribution in [0.5, 0.6) is 0 Å². The minimum Gasteiger partial charge on any atom is -0.378 e. The van der Waals surface area contributed by atoms with E-state index < -0.39 is 0 Å². The molecule has 1 aliphatic heterocycles. The maximum absolute atomic E-state index is 12.4. The molecule has 1 N–H and O–H groups in total. The number of benzene rings is 1. The zero-order valence-corrected chi connectivity index (χ0v) is 18.4. The van der Waals surface area contributed by atoms with E-state index in [1.165, 1.54) is 17.3 Å². The first-order chi connectivity index (χ1) is 14.2. The Hall–Kier alpha value is -2.06. The molecule has 1 aliphatic rings. The minimum atomic E-state index is 0.0370. The van der Waals surface area contributed by atoms with E-state index in [9.17, 15) is 4.79 Å². The summed E-state index contributed by atoms with van der Waals surface area (Å²) in [4.78, 5) is 14.6. The number of nitrogens with one attached hydrogen (secondary N) is 1. The lowest BCUT2D eigenvalue weighted by molar-refractivity contribution is -0.119. The highest BCUT2D eigenvalue weighted by molar-refractivity contribution is 7.99. The lowest BCUT2D eigenvalue weighted by Crippen LogP contribution is -2.38. The molecule has 1 aromatic carbocycles. The molecule has 0 saturated carbocycles. The Kier molecular flexibility index (Phi) is 7.94. The van der Waals surface area contributed by atoms with E-state index in [2.05, 4.69) is 64.0 Å². The van der Waals surface area contributed by atoms with Crippen LogP contribution in [0.3, 0.4) is 0 Å². The second kappa shape index (κ2) is 10.6. The number of aromatic nitrogens is 3. The fourth-order valence-electron chi connectivity index (χ4n) is 3.45. The number of para-hydroxylation sites is 1. The summed E-state index contributed by atoms with van der Waals surface area (Å²) in [6.07, 6.45) is 2.79. The van der Waals surface area contributed by atoms with Gasteiger partial charge in [-0.15, -0.1) is 10.2 Å². The number of morpholine rings is 1. The second-order valence-electron chi connectivity index (χ2n) is 7.07. The van der Waals surface area contributed by atoms with Crippen molar-refractivity contribution in [3.05, 3.63) is 29.8 Å². The van der Waals surface area contributed by atoms with Gasteiger partial charge < -0.3 is 15.0 Å². The molecule has 0 bridgehead atoms. The molecule has 0 spiro atoms. The summed E-state index contributed by atoms with van der Waals surface area (Å²) in [5.41, 5.74) is 2.30. The third-order valence-electron chi connectivity index (χ3n) is 5.21. The third-order valence-corrected chi connectivity index (χ3v) is 6.14. The van der Waals surface area contributed by atoms with Gasteiger partial charge in [-0.05, 0) is 30.9 Å². The van der Waals surface area contributed by atoms with Crippen molar-refractivity contribution in [1.29, 1.82) is 0 Å². The molecular formula is C21H31N5O2S. The summed E-state index contributed by atoms with van der Waals surface area (Å²) in [6.45, 7) is 9.26. The number of aryl methyl sites for hydroxylation is 1. The molecule has 7 nitrogen and oxygen atoms in total. The fourth-order valence-corrected chi connectivity index (χ4v) is 4.21. The number of carbonyl (C=O) groups is 1. The first-order valence-electron chi connectivity index (χ1n) is 10.5. The summed E-state index contributed by atoms with van der Waals surface area (Å²) in [5.74, 6) is 1.18. The molecule has 2 heterocycles. The summed E-state index contributed by atoms with van der Waals surface area (Å²) >= 11 is 1.44. The van der Waals surface area contributed by atoms with Crippen molar-refractivity contribution in [2.75, 3.05) is 37.0 Å². The number of anilines is 1. The third kappa shape index (κ3) is 5.30. The van der Waals surface area contributed by atoms with Gasteiger partial charge in [0.25, 0.3) is 0 Å². The normalized spacial score (nSPS) is 14.4. The number of rotatable bonds is 9. The van der Waals surface area contributed by atoms with Gasteiger partial charge in [0.15, 0.2) is 5.16 Å². The number of ether oxygens (including phenoxy) is 1. The van der Waals surface area contributed by atoms with Crippen LogP contribution in [0, 0.1) is 0 Å². The van der Waals surface area contributed by atoms with Crippen LogP contribution in [-0.4, -0.2) is 58.8 Å². The average Bonchev–Trinajstić information content (AvgIpc) is 3.20. The van der Waals surface area contributed by atoms with Gasteiger partial charge in [-0.1, -0.05) is 50.7 Å². The van der Waals surface area contributed by atoms with Crippen LogP contribution in [0.25, 0.3) is 5.69 Å². The fraction of sp³-hybridized carbons (Fsp3) is 0.571. The van der Waals surface area contributed by atoms with Gasteiger partial charge in [0.1, 0.15) is 0 Å². The molecule has 8 heteroatoms. The molecule has 29 heavy (non-hydrogen) atoms. The highest BCUT2D eigenvalue weighted by atomic mass is 32.2. The van der Waals surface area contributed by atoms with E-state index in [0.29, 0.717) is 19.0 Å². The Morgan fingerprint density at radius 1 is 1.17 bits per heavy atom. The Labute approximate surface area is 177 Å². The molecule has 2 aromatic rings. The predicted octanol–water partition coefficient (Wildman–Crippen LogP) is 3.06. The first kappa shape index (κ1) is 21.6. The quantitative estimate of drug-likeness (QED) is 0.632. The summed E-state index contributed by atoms with van der Waals surface area (Å²) < 4.78 is 7.59. The van der Waals surface area contributed by atoms with Gasteiger partial charge in [0.2, 0.25) is 11.9 Å². The highest BCUT2D eigenvalue weighted by Gasteiger charge is 2.23. The molecule has 0 aliphatic carbocycles. The van der Waals surface area contributed by atoms with E-state index >= 15 is 0 Å². The largest absolute Gasteiger partial charge is 0.378 e. The standard InChI is InChI=1S/C21H31N5O2S/c1-4-16-9-7-8-10-18(16)26-20(25-11-13-28-14-12-25)23-24-21(26)29-15-19(27)22-17(5-2)6-3/h7-10,17H,4-6,11-15H2,1-3H3,(H,22,27). The SMILES string of the molecule is CCc1ccccc1-n1c(SCC(=O)NC(CC)CC)nnc1N1CCOCC1. The van der Waals surface area contributed by atoms with Gasteiger partial charge in [-0.3, -0.25) is 9.36 Å². The Balaban J connectivity index is 1.87. The predicted molar refractivity (Wildman–Crippen MR) is 117 cm³/mol. The maximum Gasteiger partial charge on any atom is 0.232 e. The van der Waals surface area contributed by atoms with E-state index in [1.54, 1.807) is 0 Å². The molecule has 1 fully saturated rings. The lowest BCUT2D eigenvalue weighted by atomic mass is 10.1. The first-order valence-corrected chi connectivity index (χ1v) is 11.4. The van der Waals surface area contributed by atoms with E-state index in [-0.39, 0.29) is 11.9 Å². The van der Waals surface area contributed by atoms with E-state index in [4.69, 9.17) is 4.74 Å². The van der Waals surface area contributed by atoms with Gasteiger partial charge in [0, 0.05) is 19.1 Å². The summed E-state index contributed by atoms with van der Waals surface area (Å²) in [6, 6.07) is 8.54. The van der Waals surface area contributed by atoms with Crippen molar-refractivity contribution >= 4 is 23.6 Å². The Morgan fingerprint density at radius 3 is 2.59 bits per heavy atom. The van der Waals surface area contributed by atoms with E-state index in [1.807, 2.05) is 6.07 Å². The molecule has 0 unspecified atom stereocenters. The molecule has 158 valence electrons. The van der Waals surface area contributed by atoms with Crippen molar-refractivity contribution in [2.24, 2.45) is 0 Å². The molecule has 1 aromatic heterocycles. The van der Waals surface area contributed by atoms with Gasteiger partial charge in [0.05, 0.1) is 24.7 Å². The van der Waals surface area contributed by atoms with Crippen LogP contribution in [-0.2, 0) is 16.0 Å². The van der Waals surface area contributed by atoms with Crippen LogP contribution < -0.4 is 10.2 Å². The van der Waals surface area contributed by atoms with E-state index in [0.717, 1.165) is 49.1 Å². The van der Waals surface area contributed by atoms with Gasteiger partial charge in [-0.25, -0.2) is 0 Å². The van der Waals surface area contributed by atoms with Crippen LogP contribution in [0.1, 0.15) is 39.2 Å². The molecule has 1 amide bonds. The van der Waals surface area contributed by atoms with Crippen LogP contribution in [0.4, 0.5) is 5.95 Å². The van der Waals surface area contributed by atoms with Crippen molar-refractivity contribution < 1.29 is 9.53 Å². The van der Waals surface area contributed by atoms with Crippen molar-refractivity contribution in [3.63, 3.8) is 0 Å². The maximum atomic E-state index is 12.4. The topological polar surface area (TPSA) is 72.3 Å². The number of hydrogen-bond donors (Lipinski definition) is 1. The summed E-state index contributed by atoms with van der Waals surface area (Å²) in [7, 11) is 0. The highest BCUT2D eigenvalue weighted by Crippen LogP contribution is 2.29. The van der Waals surface area contributed by atoms with Gasteiger partial charge >= 0.3 is 0 Å². The zero-order chi connectivity index (χ0) is 20.6. The zero-order valence-electron chi connectivity index (χ0n) is 17.6. The lowest BCUT2D eigenvalue weighted by Gasteiger charge is -2.28. The van der Waals surface area contributed by atoms with Crippen molar-refractivity contribution in [3.8, 4) is 5.69 Å². The number of nitrogens with zero attached hydrogens (tertiary/aromatic N) is 4. The molecule has 1 saturated heterocycles. The Morgan fingerprint density at radius 2 is 1.90 bits per heavy atom. The van der Waals surface area contributed by atoms with Crippen LogP contribution in [0.15, 0.2) is 29.4 Å². The molecule has 3 rings (SSSR count). The van der Waals surface area contributed by atoms with Crippen molar-refractivity contribution in [2.45, 2.75) is 51.2 Å².